The topological polar surface area (TPSA) is 72.8 Å². The molecule has 17 heavy (non-hydrogen) atoms. The van der Waals surface area contributed by atoms with E-state index in [1.165, 1.54) is 31.4 Å². The average molecular weight is 238 g/mol. The molecule has 0 amide bonds. The number of rotatable bonds is 4. The van der Waals surface area contributed by atoms with Gasteiger partial charge in [0.25, 0.3) is 0 Å². The van der Waals surface area contributed by atoms with Crippen LogP contribution in [-0.2, 0) is 14.3 Å². The predicted octanol–water partition coefficient (Wildman–Crippen LogP) is 1.50. The van der Waals surface area contributed by atoms with E-state index < -0.39 is 18.0 Å². The summed E-state index contributed by atoms with van der Waals surface area (Å²) in [5.41, 5.74) is 0.319. The number of ether oxygens (including phenoxy) is 2. The SMILES string of the molecule is COC(=O)C[C@@H](C)OC(=O)c1ccc(O)cc1. The second-order valence-electron chi connectivity index (χ2n) is 3.54. The highest BCUT2D eigenvalue weighted by Crippen LogP contribution is 2.12. The maximum Gasteiger partial charge on any atom is 0.338 e. The van der Waals surface area contributed by atoms with Gasteiger partial charge in [0, 0.05) is 0 Å². The Hall–Kier alpha value is -2.04. The van der Waals surface area contributed by atoms with Crippen LogP contribution >= 0.6 is 0 Å². The molecule has 5 heteroatoms. The van der Waals surface area contributed by atoms with Gasteiger partial charge in [-0.1, -0.05) is 0 Å². The zero-order chi connectivity index (χ0) is 12.8. The van der Waals surface area contributed by atoms with Gasteiger partial charge in [0.2, 0.25) is 0 Å². The van der Waals surface area contributed by atoms with E-state index in [0.29, 0.717) is 5.56 Å². The second kappa shape index (κ2) is 5.89. The molecule has 0 saturated heterocycles. The fourth-order valence-corrected chi connectivity index (χ4v) is 1.21. The Morgan fingerprint density at radius 3 is 2.41 bits per heavy atom. The lowest BCUT2D eigenvalue weighted by Gasteiger charge is -2.11. The molecule has 1 rings (SSSR count). The molecule has 0 aromatic heterocycles. The third kappa shape index (κ3) is 4.14. The average Bonchev–Trinajstić information content (AvgIpc) is 2.29. The summed E-state index contributed by atoms with van der Waals surface area (Å²) in [6.45, 7) is 1.61. The van der Waals surface area contributed by atoms with Crippen LogP contribution in [0.3, 0.4) is 0 Å². The molecule has 0 spiro atoms. The summed E-state index contributed by atoms with van der Waals surface area (Å²) in [5.74, 6) is -0.901. The molecule has 0 aliphatic heterocycles. The first kappa shape index (κ1) is 13.0. The summed E-state index contributed by atoms with van der Waals surface area (Å²) in [5, 5.41) is 9.06. The van der Waals surface area contributed by atoms with Crippen LogP contribution in [0.2, 0.25) is 0 Å². The highest BCUT2D eigenvalue weighted by molar-refractivity contribution is 5.89. The fourth-order valence-electron chi connectivity index (χ4n) is 1.21. The molecule has 0 aliphatic rings. The van der Waals surface area contributed by atoms with E-state index in [1.54, 1.807) is 6.92 Å². The maximum absolute atomic E-state index is 11.6. The monoisotopic (exact) mass is 238 g/mol. The summed E-state index contributed by atoms with van der Waals surface area (Å²) >= 11 is 0. The van der Waals surface area contributed by atoms with E-state index in [2.05, 4.69) is 4.74 Å². The summed E-state index contributed by atoms with van der Waals surface area (Å²) < 4.78 is 9.49. The number of phenolic OH excluding ortho intramolecular Hbond substituents is 1. The Bertz CT molecular complexity index is 396. The van der Waals surface area contributed by atoms with Crippen LogP contribution in [0.1, 0.15) is 23.7 Å². The first-order valence-electron chi connectivity index (χ1n) is 5.09. The third-order valence-corrected chi connectivity index (χ3v) is 2.09. The van der Waals surface area contributed by atoms with E-state index >= 15 is 0 Å². The van der Waals surface area contributed by atoms with Gasteiger partial charge in [-0.05, 0) is 31.2 Å². The first-order chi connectivity index (χ1) is 8.02. The van der Waals surface area contributed by atoms with Crippen LogP contribution in [0.15, 0.2) is 24.3 Å². The molecule has 1 aromatic carbocycles. The molecule has 1 atom stereocenters. The van der Waals surface area contributed by atoms with Crippen molar-refractivity contribution in [3.8, 4) is 5.75 Å². The van der Waals surface area contributed by atoms with Crippen LogP contribution in [-0.4, -0.2) is 30.3 Å². The van der Waals surface area contributed by atoms with E-state index in [9.17, 15) is 9.59 Å². The molecule has 0 aliphatic carbocycles. The highest BCUT2D eigenvalue weighted by atomic mass is 16.6. The van der Waals surface area contributed by atoms with Gasteiger partial charge in [0.1, 0.15) is 11.9 Å². The van der Waals surface area contributed by atoms with Crippen molar-refractivity contribution in [2.24, 2.45) is 0 Å². The van der Waals surface area contributed by atoms with E-state index in [0.717, 1.165) is 0 Å². The Morgan fingerprint density at radius 2 is 1.88 bits per heavy atom. The quantitative estimate of drug-likeness (QED) is 0.805. The molecule has 0 fully saturated rings. The van der Waals surface area contributed by atoms with Gasteiger partial charge in [0.05, 0.1) is 19.1 Å². The molecule has 92 valence electrons. The number of hydrogen-bond donors (Lipinski definition) is 1. The molecule has 0 heterocycles. The highest BCUT2D eigenvalue weighted by Gasteiger charge is 2.15. The molecule has 0 radical (unpaired) electrons. The molecule has 0 bridgehead atoms. The minimum Gasteiger partial charge on any atom is -0.508 e. The number of carbonyl (C=O) groups is 2. The number of phenols is 1. The smallest absolute Gasteiger partial charge is 0.338 e. The number of benzene rings is 1. The van der Waals surface area contributed by atoms with Crippen molar-refractivity contribution >= 4 is 11.9 Å². The summed E-state index contributed by atoms with van der Waals surface area (Å²) in [7, 11) is 1.27. The zero-order valence-electron chi connectivity index (χ0n) is 9.67. The molecular weight excluding hydrogens is 224 g/mol. The minimum absolute atomic E-state index is 0.0142. The largest absolute Gasteiger partial charge is 0.508 e. The maximum atomic E-state index is 11.6. The normalized spacial score (nSPS) is 11.6. The van der Waals surface area contributed by atoms with E-state index in [1.807, 2.05) is 0 Å². The lowest BCUT2D eigenvalue weighted by Crippen LogP contribution is -2.19. The van der Waals surface area contributed by atoms with Crippen molar-refractivity contribution in [1.29, 1.82) is 0 Å². The van der Waals surface area contributed by atoms with Crippen LogP contribution in [0.4, 0.5) is 0 Å². The van der Waals surface area contributed by atoms with Crippen molar-refractivity contribution in [3.05, 3.63) is 29.8 Å². The Morgan fingerprint density at radius 1 is 1.29 bits per heavy atom. The van der Waals surface area contributed by atoms with Gasteiger partial charge in [-0.3, -0.25) is 4.79 Å². The Balaban J connectivity index is 2.54. The minimum atomic E-state index is -0.552. The van der Waals surface area contributed by atoms with Crippen molar-refractivity contribution in [2.45, 2.75) is 19.4 Å². The summed E-state index contributed by atoms with van der Waals surface area (Å²) in [6.07, 6.45) is -0.538. The lowest BCUT2D eigenvalue weighted by molar-refractivity contribution is -0.142. The van der Waals surface area contributed by atoms with Gasteiger partial charge in [-0.25, -0.2) is 4.79 Å². The van der Waals surface area contributed by atoms with E-state index in [4.69, 9.17) is 9.84 Å². The van der Waals surface area contributed by atoms with Gasteiger partial charge in [0.15, 0.2) is 0 Å². The standard InChI is InChI=1S/C12H14O5/c1-8(7-11(14)16-2)17-12(15)9-3-5-10(13)6-4-9/h3-6,8,13H,7H2,1-2H3/t8-/m1/s1. The third-order valence-electron chi connectivity index (χ3n) is 2.09. The number of carbonyl (C=O) groups excluding carboxylic acids is 2. The van der Waals surface area contributed by atoms with Crippen LogP contribution in [0.5, 0.6) is 5.75 Å². The number of aromatic hydroxyl groups is 1. The van der Waals surface area contributed by atoms with Crippen LogP contribution < -0.4 is 0 Å². The van der Waals surface area contributed by atoms with Crippen LogP contribution in [0, 0.1) is 0 Å². The summed E-state index contributed by atoms with van der Waals surface area (Å²) in [4.78, 5) is 22.5. The number of hydrogen-bond acceptors (Lipinski definition) is 5. The van der Waals surface area contributed by atoms with Gasteiger partial charge >= 0.3 is 11.9 Å². The summed E-state index contributed by atoms with van der Waals surface area (Å²) in [6, 6.07) is 5.67. The Labute approximate surface area is 99.0 Å². The molecule has 0 saturated carbocycles. The number of methoxy groups -OCH3 is 1. The fraction of sp³-hybridized carbons (Fsp3) is 0.333. The molecule has 5 nitrogen and oxygen atoms in total. The Kier molecular flexibility index (Phi) is 4.51. The van der Waals surface area contributed by atoms with Crippen molar-refractivity contribution in [2.75, 3.05) is 7.11 Å². The first-order valence-corrected chi connectivity index (χ1v) is 5.09. The predicted molar refractivity (Wildman–Crippen MR) is 59.6 cm³/mol. The lowest BCUT2D eigenvalue weighted by atomic mass is 10.2. The second-order valence-corrected chi connectivity index (χ2v) is 3.54. The van der Waals surface area contributed by atoms with Gasteiger partial charge in [-0.15, -0.1) is 0 Å². The van der Waals surface area contributed by atoms with Crippen molar-refractivity contribution in [3.63, 3.8) is 0 Å². The molecule has 1 N–H and O–H groups in total. The molecule has 1 aromatic rings. The van der Waals surface area contributed by atoms with E-state index in [-0.39, 0.29) is 12.2 Å². The molecular formula is C12H14O5. The molecule has 0 unspecified atom stereocenters. The van der Waals surface area contributed by atoms with Gasteiger partial charge in [-0.2, -0.15) is 0 Å². The van der Waals surface area contributed by atoms with Crippen molar-refractivity contribution in [1.82, 2.24) is 0 Å². The van der Waals surface area contributed by atoms with Crippen molar-refractivity contribution < 1.29 is 24.2 Å². The number of esters is 2. The zero-order valence-corrected chi connectivity index (χ0v) is 9.67. The van der Waals surface area contributed by atoms with Crippen LogP contribution in [0.25, 0.3) is 0 Å². The van der Waals surface area contributed by atoms with Gasteiger partial charge < -0.3 is 14.6 Å².